The van der Waals surface area contributed by atoms with E-state index in [1.54, 1.807) is 50.7 Å². The van der Waals surface area contributed by atoms with Crippen molar-refractivity contribution in [2.24, 2.45) is 5.92 Å². The van der Waals surface area contributed by atoms with E-state index in [9.17, 15) is 24.3 Å². The van der Waals surface area contributed by atoms with Crippen LogP contribution in [0.4, 0.5) is 4.79 Å². The first kappa shape index (κ1) is 31.2. The number of hydrogen-bond acceptors (Lipinski definition) is 8. The number of likely N-dealkylation sites (tertiary alicyclic amines) is 1. The first-order valence-corrected chi connectivity index (χ1v) is 14.8. The Morgan fingerprint density at radius 3 is 2.57 bits per heavy atom. The molecule has 4 rings (SSSR count). The number of nitrogens with zero attached hydrogens (tertiary/aromatic N) is 1. The largest absolute Gasteiger partial charge is 0.480 e. The van der Waals surface area contributed by atoms with Crippen LogP contribution in [-0.4, -0.2) is 78.4 Å². The van der Waals surface area contributed by atoms with Crippen molar-refractivity contribution in [3.63, 3.8) is 0 Å². The lowest BCUT2D eigenvalue weighted by Crippen LogP contribution is -2.45. The number of rotatable bonds is 11. The molecular formula is C30H37N3O8S. The minimum atomic E-state index is -1.09. The second-order valence-electron chi connectivity index (χ2n) is 11.2. The quantitative estimate of drug-likeness (QED) is 0.275. The molecule has 0 saturated carbocycles. The molecule has 1 saturated heterocycles. The predicted octanol–water partition coefficient (Wildman–Crippen LogP) is 4.30. The van der Waals surface area contributed by atoms with Crippen LogP contribution in [0.5, 0.6) is 11.5 Å². The molecule has 2 aliphatic rings. The van der Waals surface area contributed by atoms with Gasteiger partial charge in [0.1, 0.15) is 23.1 Å². The van der Waals surface area contributed by atoms with E-state index < -0.39 is 35.5 Å². The summed E-state index contributed by atoms with van der Waals surface area (Å²) in [5.74, 6) is -0.870. The Morgan fingerprint density at radius 2 is 1.81 bits per heavy atom. The summed E-state index contributed by atoms with van der Waals surface area (Å²) < 4.78 is 16.8. The van der Waals surface area contributed by atoms with E-state index in [1.165, 1.54) is 4.90 Å². The molecule has 12 heteroatoms. The van der Waals surface area contributed by atoms with Gasteiger partial charge in [-0.1, -0.05) is 23.9 Å². The van der Waals surface area contributed by atoms with E-state index in [-0.39, 0.29) is 25.4 Å². The minimum absolute atomic E-state index is 0.135. The van der Waals surface area contributed by atoms with Gasteiger partial charge in [0.25, 0.3) is 5.91 Å². The van der Waals surface area contributed by atoms with E-state index in [4.69, 9.17) is 14.2 Å². The second kappa shape index (κ2) is 13.9. The fourth-order valence-corrected chi connectivity index (χ4v) is 5.60. The molecule has 11 nitrogen and oxygen atoms in total. The number of amides is 3. The molecule has 0 radical (unpaired) electrons. The zero-order valence-corrected chi connectivity index (χ0v) is 24.8. The van der Waals surface area contributed by atoms with Crippen LogP contribution in [0, 0.1) is 5.92 Å². The molecule has 226 valence electrons. The van der Waals surface area contributed by atoms with Gasteiger partial charge in [-0.05, 0) is 70.4 Å². The number of fused-ring (bicyclic) bond motifs is 2. The molecule has 1 unspecified atom stereocenters. The van der Waals surface area contributed by atoms with Crippen LogP contribution < -0.4 is 15.4 Å². The van der Waals surface area contributed by atoms with E-state index in [0.29, 0.717) is 49.7 Å². The first-order chi connectivity index (χ1) is 20.0. The number of nitrogens with one attached hydrogen (secondary N) is 2. The summed E-state index contributed by atoms with van der Waals surface area (Å²) in [4.78, 5) is 52.4. The van der Waals surface area contributed by atoms with Crippen molar-refractivity contribution in [1.29, 1.82) is 0 Å². The summed E-state index contributed by atoms with van der Waals surface area (Å²) in [6, 6.07) is 11.8. The molecule has 2 aromatic carbocycles. The smallest absolute Gasteiger partial charge is 0.407 e. The Labute approximate surface area is 249 Å². The third-order valence-electron chi connectivity index (χ3n) is 6.63. The monoisotopic (exact) mass is 599 g/mol. The number of carbonyl (C=O) groups is 4. The Hall–Kier alpha value is -3.77. The van der Waals surface area contributed by atoms with Crippen LogP contribution >= 0.6 is 11.8 Å². The SMILES string of the molecule is CC(C)(C)OC(=O)NCCCCOCC1C[C@@H](C(=O)O)N(C(=O)CNC(=O)c2ccc3c(c2)Oc2ccccc2S3)C1. The van der Waals surface area contributed by atoms with E-state index in [2.05, 4.69) is 10.6 Å². The number of hydrogen-bond donors (Lipinski definition) is 3. The number of aliphatic carboxylic acids is 1. The molecule has 2 atom stereocenters. The standard InChI is InChI=1S/C30H37N3O8S/c1-30(2,3)41-29(38)31-12-6-7-13-39-18-19-14-21(28(36)37)33(17-19)26(34)16-32-27(35)20-10-11-25-23(15-20)40-22-8-4-5-9-24(22)42-25/h4-5,8-11,15,19,21H,6-7,12-14,16-18H2,1-3H3,(H,31,38)(H,32,35)(H,36,37)/t19?,21-/m0/s1. The maximum absolute atomic E-state index is 12.9. The van der Waals surface area contributed by atoms with Crippen LogP contribution in [0.15, 0.2) is 52.3 Å². The molecular weight excluding hydrogens is 562 g/mol. The summed E-state index contributed by atoms with van der Waals surface area (Å²) in [5.41, 5.74) is -0.210. The van der Waals surface area contributed by atoms with E-state index in [1.807, 2.05) is 24.3 Å². The highest BCUT2D eigenvalue weighted by molar-refractivity contribution is 7.99. The fraction of sp³-hybridized carbons (Fsp3) is 0.467. The number of carbonyl (C=O) groups excluding carboxylic acids is 3. The molecule has 0 bridgehead atoms. The Kier molecular flexibility index (Phi) is 10.3. The van der Waals surface area contributed by atoms with Crippen LogP contribution in [0.3, 0.4) is 0 Å². The lowest BCUT2D eigenvalue weighted by Gasteiger charge is -2.22. The van der Waals surface area contributed by atoms with Gasteiger partial charge in [-0.3, -0.25) is 9.59 Å². The van der Waals surface area contributed by atoms with Crippen molar-refractivity contribution in [3.05, 3.63) is 48.0 Å². The summed E-state index contributed by atoms with van der Waals surface area (Å²) in [6.07, 6.45) is 1.22. The summed E-state index contributed by atoms with van der Waals surface area (Å²) in [6.45, 7) is 6.53. The molecule has 2 aliphatic heterocycles. The number of ether oxygens (including phenoxy) is 3. The van der Waals surface area contributed by atoms with Gasteiger partial charge in [-0.25, -0.2) is 9.59 Å². The molecule has 0 spiro atoms. The number of carboxylic acids is 1. The van der Waals surface area contributed by atoms with Crippen molar-refractivity contribution in [2.45, 2.75) is 61.5 Å². The number of unbranched alkanes of at least 4 members (excludes halogenated alkanes) is 1. The maximum atomic E-state index is 12.9. The third-order valence-corrected chi connectivity index (χ3v) is 7.74. The highest BCUT2D eigenvalue weighted by atomic mass is 32.2. The average molecular weight is 600 g/mol. The third kappa shape index (κ3) is 8.62. The highest BCUT2D eigenvalue weighted by Crippen LogP contribution is 2.46. The zero-order chi connectivity index (χ0) is 30.3. The Bertz CT molecular complexity index is 1310. The molecule has 1 fully saturated rings. The molecule has 2 heterocycles. The van der Waals surface area contributed by atoms with Gasteiger partial charge in [0.05, 0.1) is 22.9 Å². The summed E-state index contributed by atoms with van der Waals surface area (Å²) >= 11 is 1.55. The van der Waals surface area contributed by atoms with Crippen molar-refractivity contribution in [1.82, 2.24) is 15.5 Å². The predicted molar refractivity (Wildman–Crippen MR) is 155 cm³/mol. The number of benzene rings is 2. The second-order valence-corrected chi connectivity index (χ2v) is 12.3. The lowest BCUT2D eigenvalue weighted by atomic mass is 10.1. The normalized spacial score (nSPS) is 17.5. The molecule has 0 aliphatic carbocycles. The lowest BCUT2D eigenvalue weighted by molar-refractivity contribution is -0.147. The topological polar surface area (TPSA) is 143 Å². The zero-order valence-electron chi connectivity index (χ0n) is 24.0. The summed E-state index contributed by atoms with van der Waals surface area (Å²) in [5, 5.41) is 15.0. The van der Waals surface area contributed by atoms with Crippen molar-refractivity contribution in [3.8, 4) is 11.5 Å². The van der Waals surface area contributed by atoms with Gasteiger partial charge in [-0.15, -0.1) is 0 Å². The van der Waals surface area contributed by atoms with Crippen molar-refractivity contribution >= 4 is 35.6 Å². The fourth-order valence-electron chi connectivity index (χ4n) is 4.67. The summed E-state index contributed by atoms with van der Waals surface area (Å²) in [7, 11) is 0. The Balaban J connectivity index is 1.19. The van der Waals surface area contributed by atoms with Gasteiger partial charge < -0.3 is 34.9 Å². The van der Waals surface area contributed by atoms with E-state index >= 15 is 0 Å². The Morgan fingerprint density at radius 1 is 1.05 bits per heavy atom. The molecule has 0 aromatic heterocycles. The van der Waals surface area contributed by atoms with Crippen LogP contribution in [-0.2, 0) is 19.1 Å². The number of alkyl carbamates (subject to hydrolysis) is 1. The molecule has 3 amide bonds. The molecule has 42 heavy (non-hydrogen) atoms. The van der Waals surface area contributed by atoms with Crippen LogP contribution in [0.1, 0.15) is 50.4 Å². The van der Waals surface area contributed by atoms with Gasteiger partial charge in [0, 0.05) is 31.2 Å². The highest BCUT2D eigenvalue weighted by Gasteiger charge is 2.39. The van der Waals surface area contributed by atoms with Crippen LogP contribution in [0.2, 0.25) is 0 Å². The van der Waals surface area contributed by atoms with Crippen molar-refractivity contribution < 1.29 is 38.5 Å². The van der Waals surface area contributed by atoms with E-state index in [0.717, 1.165) is 9.79 Å². The number of carboxylic acid groups (broad SMARTS) is 1. The maximum Gasteiger partial charge on any atom is 0.407 e. The minimum Gasteiger partial charge on any atom is -0.480 e. The van der Waals surface area contributed by atoms with Gasteiger partial charge in [0.15, 0.2) is 0 Å². The number of para-hydroxylation sites is 1. The van der Waals surface area contributed by atoms with Gasteiger partial charge in [0.2, 0.25) is 5.91 Å². The molecule has 3 N–H and O–H groups in total. The van der Waals surface area contributed by atoms with Gasteiger partial charge >= 0.3 is 12.1 Å². The van der Waals surface area contributed by atoms with Crippen molar-refractivity contribution in [2.75, 3.05) is 32.8 Å². The van der Waals surface area contributed by atoms with Gasteiger partial charge in [-0.2, -0.15) is 0 Å². The average Bonchev–Trinajstić information content (AvgIpc) is 3.37. The first-order valence-electron chi connectivity index (χ1n) is 13.9. The molecule has 2 aromatic rings. The van der Waals surface area contributed by atoms with Crippen LogP contribution in [0.25, 0.3) is 0 Å².